The summed E-state index contributed by atoms with van der Waals surface area (Å²) in [6.45, 7) is 5.16. The van der Waals surface area contributed by atoms with Crippen molar-refractivity contribution in [1.82, 2.24) is 19.6 Å². The third-order valence-electron chi connectivity index (χ3n) is 6.48. The van der Waals surface area contributed by atoms with Gasteiger partial charge in [-0.2, -0.15) is 23.5 Å². The second kappa shape index (κ2) is 10.5. The molecule has 0 bridgehead atoms. The summed E-state index contributed by atoms with van der Waals surface area (Å²) in [5.41, 5.74) is 1.91. The van der Waals surface area contributed by atoms with Crippen LogP contribution in [0.5, 0.6) is 0 Å². The SMILES string of the molecule is CCn1cc(-c2ccccc2[C@@H]2CN(C(=O)/C=C/CN(C)C)Cc3sc(C#N)c(C)c32)c(C(F)(F)F)n1. The number of carbonyl (C=O) groups is 1. The largest absolute Gasteiger partial charge is 0.435 e. The molecule has 3 heterocycles. The molecule has 0 saturated carbocycles. The van der Waals surface area contributed by atoms with Crippen molar-refractivity contribution in [3.63, 3.8) is 0 Å². The number of aromatic nitrogens is 2. The van der Waals surface area contributed by atoms with E-state index in [-0.39, 0.29) is 11.5 Å². The van der Waals surface area contributed by atoms with Gasteiger partial charge in [0.15, 0.2) is 5.69 Å². The molecule has 3 aromatic rings. The Morgan fingerprint density at radius 2 is 2.03 bits per heavy atom. The molecule has 0 unspecified atom stereocenters. The van der Waals surface area contributed by atoms with Crippen molar-refractivity contribution >= 4 is 17.2 Å². The molecule has 0 N–H and O–H groups in total. The molecule has 1 aliphatic rings. The van der Waals surface area contributed by atoms with Crippen LogP contribution in [0.2, 0.25) is 0 Å². The van der Waals surface area contributed by atoms with Crippen LogP contribution in [0.3, 0.4) is 0 Å². The molecule has 2 aromatic heterocycles. The second-order valence-electron chi connectivity index (χ2n) is 9.27. The molecule has 194 valence electrons. The van der Waals surface area contributed by atoms with Crippen LogP contribution in [-0.2, 0) is 24.1 Å². The van der Waals surface area contributed by atoms with E-state index in [1.165, 1.54) is 28.3 Å². The highest BCUT2D eigenvalue weighted by Gasteiger charge is 2.39. The van der Waals surface area contributed by atoms with Gasteiger partial charge in [-0.15, -0.1) is 11.3 Å². The molecule has 1 atom stereocenters. The number of benzene rings is 1. The number of aryl methyl sites for hydroxylation is 1. The standard InChI is InChI=1S/C27H28F3N5OS/c1-5-35-15-21(26(32-35)27(28,29)30)19-10-7-6-9-18(19)20-14-34(24(36)11-8-12-33(3)4)16-23-25(20)17(2)22(13-31)37-23/h6-11,15,20H,5,12,14,16H2,1-4H3/b11-8+/t20-/m0/s1. The lowest BCUT2D eigenvalue weighted by molar-refractivity contribution is -0.141. The Morgan fingerprint density at radius 1 is 1.30 bits per heavy atom. The van der Waals surface area contributed by atoms with E-state index in [2.05, 4.69) is 11.2 Å². The van der Waals surface area contributed by atoms with Crippen LogP contribution in [0.1, 0.15) is 45.0 Å². The van der Waals surface area contributed by atoms with Crippen LogP contribution in [0.25, 0.3) is 11.1 Å². The van der Waals surface area contributed by atoms with Crippen LogP contribution in [0.4, 0.5) is 13.2 Å². The summed E-state index contributed by atoms with van der Waals surface area (Å²) < 4.78 is 43.2. The average Bonchev–Trinajstić information content (AvgIpc) is 3.44. The number of halogens is 3. The van der Waals surface area contributed by atoms with E-state index in [0.29, 0.717) is 42.2 Å². The lowest BCUT2D eigenvalue weighted by Crippen LogP contribution is -2.37. The molecule has 0 aliphatic carbocycles. The van der Waals surface area contributed by atoms with Gasteiger partial charge in [0.2, 0.25) is 5.91 Å². The topological polar surface area (TPSA) is 65.2 Å². The number of nitriles is 1. The molecule has 1 aromatic carbocycles. The number of alkyl halides is 3. The maximum Gasteiger partial charge on any atom is 0.435 e. The fourth-order valence-corrected chi connectivity index (χ4v) is 5.92. The highest BCUT2D eigenvalue weighted by atomic mass is 32.1. The number of hydrogen-bond donors (Lipinski definition) is 0. The Labute approximate surface area is 218 Å². The van der Waals surface area contributed by atoms with Gasteiger partial charge in [-0.05, 0) is 50.2 Å². The second-order valence-corrected chi connectivity index (χ2v) is 10.4. The van der Waals surface area contributed by atoms with E-state index >= 15 is 0 Å². The molecule has 6 nitrogen and oxygen atoms in total. The zero-order valence-corrected chi connectivity index (χ0v) is 22.0. The highest BCUT2D eigenvalue weighted by Crippen LogP contribution is 2.45. The zero-order chi connectivity index (χ0) is 26.9. The number of amides is 1. The number of fused-ring (bicyclic) bond motifs is 1. The Morgan fingerprint density at radius 3 is 2.68 bits per heavy atom. The minimum Gasteiger partial charge on any atom is -0.333 e. The minimum absolute atomic E-state index is 0.00854. The van der Waals surface area contributed by atoms with Crippen molar-refractivity contribution in [2.75, 3.05) is 27.2 Å². The average molecular weight is 528 g/mol. The predicted molar refractivity (Wildman–Crippen MR) is 137 cm³/mol. The van der Waals surface area contributed by atoms with Crippen LogP contribution in [0.15, 0.2) is 42.6 Å². The Balaban J connectivity index is 1.85. The smallest absolute Gasteiger partial charge is 0.333 e. The molecule has 0 radical (unpaired) electrons. The number of carbonyl (C=O) groups excluding carboxylic acids is 1. The molecule has 1 amide bonds. The number of thiophene rings is 1. The lowest BCUT2D eigenvalue weighted by atomic mass is 9.82. The van der Waals surface area contributed by atoms with Gasteiger partial charge in [0.25, 0.3) is 0 Å². The molecule has 4 rings (SSSR count). The third-order valence-corrected chi connectivity index (χ3v) is 7.68. The van der Waals surface area contributed by atoms with Crippen molar-refractivity contribution in [3.05, 3.63) is 74.8 Å². The molecular formula is C27H28F3N5OS. The Hall–Kier alpha value is -3.42. The van der Waals surface area contributed by atoms with Gasteiger partial charge < -0.3 is 9.80 Å². The molecule has 0 spiro atoms. The number of likely N-dealkylation sites (N-methyl/N-ethyl adjacent to an activating group) is 1. The van der Waals surface area contributed by atoms with Gasteiger partial charge in [-0.3, -0.25) is 9.48 Å². The summed E-state index contributed by atoms with van der Waals surface area (Å²) in [6.07, 6.45) is 0.133. The molecule has 10 heteroatoms. The van der Waals surface area contributed by atoms with E-state index < -0.39 is 17.8 Å². The molecular weight excluding hydrogens is 499 g/mol. The summed E-state index contributed by atoms with van der Waals surface area (Å²) in [4.78, 5) is 18.2. The first kappa shape index (κ1) is 26.6. The predicted octanol–water partition coefficient (Wildman–Crippen LogP) is 5.42. The first-order chi connectivity index (χ1) is 17.5. The molecule has 0 fully saturated rings. The van der Waals surface area contributed by atoms with Crippen molar-refractivity contribution in [3.8, 4) is 17.2 Å². The van der Waals surface area contributed by atoms with E-state index in [1.54, 1.807) is 36.1 Å². The highest BCUT2D eigenvalue weighted by molar-refractivity contribution is 7.12. The van der Waals surface area contributed by atoms with Gasteiger partial charge in [-0.25, -0.2) is 0 Å². The summed E-state index contributed by atoms with van der Waals surface area (Å²) >= 11 is 1.34. The van der Waals surface area contributed by atoms with Crippen LogP contribution in [-0.4, -0.2) is 52.7 Å². The lowest BCUT2D eigenvalue weighted by Gasteiger charge is -2.34. The van der Waals surface area contributed by atoms with Gasteiger partial charge in [-0.1, -0.05) is 30.3 Å². The van der Waals surface area contributed by atoms with E-state index in [1.807, 2.05) is 32.0 Å². The van der Waals surface area contributed by atoms with Gasteiger partial charge in [0.05, 0.1) is 6.54 Å². The monoisotopic (exact) mass is 527 g/mol. The third kappa shape index (κ3) is 5.33. The molecule has 0 saturated heterocycles. The molecule has 37 heavy (non-hydrogen) atoms. The minimum atomic E-state index is -4.62. The van der Waals surface area contributed by atoms with E-state index in [9.17, 15) is 23.2 Å². The van der Waals surface area contributed by atoms with Crippen molar-refractivity contribution < 1.29 is 18.0 Å². The maximum absolute atomic E-state index is 14.0. The summed E-state index contributed by atoms with van der Waals surface area (Å²) in [6, 6.07) is 9.22. The van der Waals surface area contributed by atoms with Crippen molar-refractivity contribution in [2.24, 2.45) is 0 Å². The number of nitrogens with zero attached hydrogens (tertiary/aromatic N) is 5. The number of rotatable bonds is 6. The fourth-order valence-electron chi connectivity index (χ4n) is 4.74. The van der Waals surface area contributed by atoms with Crippen LogP contribution in [0, 0.1) is 18.3 Å². The summed E-state index contributed by atoms with van der Waals surface area (Å²) in [5, 5.41) is 13.5. The van der Waals surface area contributed by atoms with Crippen LogP contribution < -0.4 is 0 Å². The summed E-state index contributed by atoms with van der Waals surface area (Å²) in [7, 11) is 3.81. The normalized spacial score (nSPS) is 15.9. The maximum atomic E-state index is 14.0. The van der Waals surface area contributed by atoms with Crippen LogP contribution >= 0.6 is 11.3 Å². The molecule has 1 aliphatic heterocycles. The van der Waals surface area contributed by atoms with E-state index in [4.69, 9.17) is 0 Å². The van der Waals surface area contributed by atoms with Crippen molar-refractivity contribution in [1.29, 1.82) is 5.26 Å². The fraction of sp³-hybridized carbons (Fsp3) is 0.370. The Bertz CT molecular complexity index is 1380. The zero-order valence-electron chi connectivity index (χ0n) is 21.1. The Kier molecular flexibility index (Phi) is 7.57. The number of hydrogen-bond acceptors (Lipinski definition) is 5. The quantitative estimate of drug-likeness (QED) is 0.402. The van der Waals surface area contributed by atoms with Gasteiger partial charge in [0, 0.05) is 48.3 Å². The van der Waals surface area contributed by atoms with E-state index in [0.717, 1.165) is 16.0 Å². The first-order valence-electron chi connectivity index (χ1n) is 11.9. The van der Waals surface area contributed by atoms with Crippen molar-refractivity contribution in [2.45, 2.75) is 39.0 Å². The van der Waals surface area contributed by atoms with Gasteiger partial charge in [0.1, 0.15) is 10.9 Å². The first-order valence-corrected chi connectivity index (χ1v) is 12.7. The van der Waals surface area contributed by atoms with Gasteiger partial charge >= 0.3 is 6.18 Å². The summed E-state index contributed by atoms with van der Waals surface area (Å²) in [5.74, 6) is -0.565.